The van der Waals surface area contributed by atoms with Gasteiger partial charge in [0.05, 0.1) is 6.04 Å². The molecule has 0 radical (unpaired) electrons. The molecule has 0 spiro atoms. The van der Waals surface area contributed by atoms with E-state index in [9.17, 15) is 9.59 Å². The number of amides is 2. The third kappa shape index (κ3) is 9.05. The Labute approximate surface area is 281 Å². The zero-order valence-electron chi connectivity index (χ0n) is 25.4. The first-order valence-electron chi connectivity index (χ1n) is 16.0. The topological polar surface area (TPSA) is 64.7 Å². The van der Waals surface area contributed by atoms with Crippen molar-refractivity contribution in [1.82, 2.24) is 20.4 Å². The Morgan fingerprint density at radius 3 is 2.27 bits per heavy atom. The highest BCUT2D eigenvalue weighted by molar-refractivity contribution is 14.1. The lowest BCUT2D eigenvalue weighted by molar-refractivity contribution is -0.133. The van der Waals surface area contributed by atoms with Crippen LogP contribution in [-0.4, -0.2) is 73.0 Å². The molecule has 3 aromatic rings. The van der Waals surface area contributed by atoms with Crippen LogP contribution >= 0.6 is 34.2 Å². The molecule has 6 nitrogen and oxygen atoms in total. The summed E-state index contributed by atoms with van der Waals surface area (Å²) in [7, 11) is 0. The van der Waals surface area contributed by atoms with Crippen molar-refractivity contribution < 1.29 is 9.59 Å². The van der Waals surface area contributed by atoms with Crippen molar-refractivity contribution in [2.24, 2.45) is 0 Å². The van der Waals surface area contributed by atoms with Gasteiger partial charge in [0, 0.05) is 53.2 Å². The number of hydrogen-bond acceptors (Lipinski definition) is 4. The number of nitrogens with zero attached hydrogens (tertiary/aromatic N) is 2. The maximum Gasteiger partial charge on any atom is 0.251 e. The summed E-state index contributed by atoms with van der Waals surface area (Å²) in [6.45, 7) is 5.05. The van der Waals surface area contributed by atoms with Gasteiger partial charge >= 0.3 is 0 Å². The van der Waals surface area contributed by atoms with E-state index >= 15 is 0 Å². The fourth-order valence-corrected chi connectivity index (χ4v) is 7.51. The van der Waals surface area contributed by atoms with Gasteiger partial charge in [-0.1, -0.05) is 101 Å². The zero-order chi connectivity index (χ0) is 30.7. The van der Waals surface area contributed by atoms with Crippen LogP contribution in [0.2, 0.25) is 5.02 Å². The van der Waals surface area contributed by atoms with Crippen molar-refractivity contribution in [2.45, 2.75) is 61.0 Å². The molecule has 2 aliphatic heterocycles. The van der Waals surface area contributed by atoms with E-state index in [0.29, 0.717) is 30.2 Å². The van der Waals surface area contributed by atoms with Crippen molar-refractivity contribution in [3.63, 3.8) is 0 Å². The average molecular weight is 727 g/mol. The lowest BCUT2D eigenvalue weighted by atomic mass is 9.90. The molecule has 0 saturated carbocycles. The average Bonchev–Trinajstić information content (AvgIpc) is 3.21. The molecule has 3 aromatic carbocycles. The highest BCUT2D eigenvalue weighted by Gasteiger charge is 2.33. The summed E-state index contributed by atoms with van der Waals surface area (Å²) in [6, 6.07) is 26.4. The largest absolute Gasteiger partial charge is 0.352 e. The Hall–Kier alpha value is -2.46. The van der Waals surface area contributed by atoms with Crippen LogP contribution in [0.4, 0.5) is 0 Å². The van der Waals surface area contributed by atoms with Crippen molar-refractivity contribution in [3.05, 3.63) is 106 Å². The van der Waals surface area contributed by atoms with Gasteiger partial charge in [-0.2, -0.15) is 0 Å². The molecule has 2 fully saturated rings. The summed E-state index contributed by atoms with van der Waals surface area (Å²) in [4.78, 5) is 31.7. The van der Waals surface area contributed by atoms with E-state index in [-0.39, 0.29) is 29.8 Å². The third-order valence-electron chi connectivity index (χ3n) is 9.01. The second-order valence-electron chi connectivity index (χ2n) is 12.0. The Bertz CT molecular complexity index is 1310. The molecular formula is C36H44ClIN4O2. The minimum absolute atomic E-state index is 0.0886. The fourth-order valence-electron chi connectivity index (χ4n) is 6.47. The first-order chi connectivity index (χ1) is 21.5. The lowest BCUT2D eigenvalue weighted by Gasteiger charge is -2.31. The van der Waals surface area contributed by atoms with Gasteiger partial charge < -0.3 is 20.4 Å². The smallest absolute Gasteiger partial charge is 0.251 e. The molecule has 44 heavy (non-hydrogen) atoms. The van der Waals surface area contributed by atoms with Crippen molar-refractivity contribution in [2.75, 3.05) is 39.3 Å². The molecule has 0 aromatic heterocycles. The van der Waals surface area contributed by atoms with Crippen LogP contribution in [0, 0.1) is 0 Å². The normalized spacial score (nSPS) is 19.6. The van der Waals surface area contributed by atoms with Crippen LogP contribution < -0.4 is 10.6 Å². The molecule has 2 aliphatic rings. The first-order valence-corrected chi connectivity index (χ1v) is 17.9. The fraction of sp³-hybridized carbons (Fsp3) is 0.444. The number of alkyl halides is 1. The molecule has 0 unspecified atom stereocenters. The Morgan fingerprint density at radius 2 is 1.61 bits per heavy atom. The van der Waals surface area contributed by atoms with Gasteiger partial charge in [0.1, 0.15) is 0 Å². The van der Waals surface area contributed by atoms with Crippen LogP contribution in [0.15, 0.2) is 78.9 Å². The minimum Gasteiger partial charge on any atom is -0.352 e. The number of carbonyl (C=O) groups is 2. The number of piperidine rings is 1. The van der Waals surface area contributed by atoms with E-state index in [4.69, 9.17) is 11.6 Å². The van der Waals surface area contributed by atoms with E-state index in [1.807, 2.05) is 18.2 Å². The van der Waals surface area contributed by atoms with Crippen LogP contribution in [0.1, 0.15) is 71.5 Å². The minimum atomic E-state index is -0.241. The molecule has 8 heteroatoms. The third-order valence-corrected chi connectivity index (χ3v) is 10.2. The van der Waals surface area contributed by atoms with E-state index < -0.39 is 0 Å². The molecule has 2 saturated heterocycles. The molecule has 2 atom stereocenters. The second kappa shape index (κ2) is 16.7. The Morgan fingerprint density at radius 1 is 0.932 bits per heavy atom. The number of nitrogens with one attached hydrogen (secondary N) is 2. The predicted molar refractivity (Wildman–Crippen MR) is 188 cm³/mol. The van der Waals surface area contributed by atoms with Crippen LogP contribution in [0.5, 0.6) is 0 Å². The molecule has 2 heterocycles. The molecule has 0 bridgehead atoms. The standard InChI is InChI=1S/C36H44ClIN4O2/c37-33-15-14-29(24-30(33)25-38)35(43)39-19-16-31-17-23-42(36(44)34(40-31)18-22-41-20-8-3-9-21-41)26-32(27-10-4-1-5-11-27)28-12-6-2-7-13-28/h1-2,4-7,10-15,24,31-32,34,40H,3,8-9,16-23,25-26H2,(H,39,43)/t31-,34+/m1/s1. The van der Waals surface area contributed by atoms with E-state index in [0.717, 1.165) is 48.9 Å². The van der Waals surface area contributed by atoms with Crippen molar-refractivity contribution in [3.8, 4) is 0 Å². The number of hydrogen-bond donors (Lipinski definition) is 2. The molecule has 234 valence electrons. The van der Waals surface area contributed by atoms with Crippen LogP contribution in [0.25, 0.3) is 0 Å². The maximum absolute atomic E-state index is 14.2. The van der Waals surface area contributed by atoms with Gasteiger partial charge in [-0.05, 0) is 80.1 Å². The quantitative estimate of drug-likeness (QED) is 0.162. The number of likely N-dealkylation sites (tertiary alicyclic amines) is 1. The van der Waals surface area contributed by atoms with E-state index in [1.54, 1.807) is 12.1 Å². The maximum atomic E-state index is 14.2. The first kappa shape index (κ1) is 32.9. The van der Waals surface area contributed by atoms with Gasteiger partial charge in [0.25, 0.3) is 5.91 Å². The summed E-state index contributed by atoms with van der Waals surface area (Å²) in [6.07, 6.45) is 6.18. The van der Waals surface area contributed by atoms with E-state index in [1.165, 1.54) is 30.4 Å². The molecule has 2 N–H and O–H groups in total. The van der Waals surface area contributed by atoms with Crippen molar-refractivity contribution in [1.29, 1.82) is 0 Å². The SMILES string of the molecule is O=C(NCC[C@@H]1CCN(CC(c2ccccc2)c2ccccc2)C(=O)[C@H](CCN2CCCCC2)N1)c1ccc(Cl)c(CI)c1. The number of rotatable bonds is 12. The number of carbonyl (C=O) groups excluding carboxylic acids is 2. The van der Waals surface area contributed by atoms with Gasteiger partial charge in [-0.25, -0.2) is 0 Å². The van der Waals surface area contributed by atoms with Gasteiger partial charge in [0.2, 0.25) is 5.91 Å². The van der Waals surface area contributed by atoms with Crippen LogP contribution in [-0.2, 0) is 9.22 Å². The molecule has 0 aliphatic carbocycles. The molecule has 2 amide bonds. The molecular weight excluding hydrogens is 683 g/mol. The molecule has 5 rings (SSSR count). The zero-order valence-corrected chi connectivity index (χ0v) is 28.3. The monoisotopic (exact) mass is 726 g/mol. The number of halogens is 2. The second-order valence-corrected chi connectivity index (χ2v) is 13.2. The highest BCUT2D eigenvalue weighted by atomic mass is 127. The van der Waals surface area contributed by atoms with Crippen LogP contribution in [0.3, 0.4) is 0 Å². The lowest BCUT2D eigenvalue weighted by Crippen LogP contribution is -2.48. The Kier molecular flexibility index (Phi) is 12.5. The van der Waals surface area contributed by atoms with Crippen molar-refractivity contribution >= 4 is 46.0 Å². The summed E-state index contributed by atoms with van der Waals surface area (Å²) in [5, 5.41) is 7.53. The van der Waals surface area contributed by atoms with E-state index in [2.05, 4.69) is 91.6 Å². The highest BCUT2D eigenvalue weighted by Crippen LogP contribution is 2.27. The van der Waals surface area contributed by atoms with Gasteiger partial charge in [-0.3, -0.25) is 9.59 Å². The summed E-state index contributed by atoms with van der Waals surface area (Å²) >= 11 is 8.52. The summed E-state index contributed by atoms with van der Waals surface area (Å²) < 4.78 is 0.752. The van der Waals surface area contributed by atoms with Gasteiger partial charge in [0.15, 0.2) is 0 Å². The summed E-state index contributed by atoms with van der Waals surface area (Å²) in [5.41, 5.74) is 4.04. The Balaban J connectivity index is 1.27. The van der Waals surface area contributed by atoms with Gasteiger partial charge in [-0.15, -0.1) is 0 Å². The number of benzene rings is 3. The predicted octanol–water partition coefficient (Wildman–Crippen LogP) is 6.66. The summed E-state index contributed by atoms with van der Waals surface area (Å²) in [5.74, 6) is 0.207.